The van der Waals surface area contributed by atoms with Crippen molar-refractivity contribution in [1.82, 2.24) is 9.97 Å². The van der Waals surface area contributed by atoms with Gasteiger partial charge in [0.05, 0.1) is 0 Å². The minimum Gasteiger partial charge on any atom is -0.399 e. The molecule has 3 nitrogen and oxygen atoms in total. The number of nitrogen functional groups attached to an aromatic ring is 1. The highest BCUT2D eigenvalue weighted by Gasteiger charge is 2.03. The van der Waals surface area contributed by atoms with E-state index >= 15 is 0 Å². The van der Waals surface area contributed by atoms with Crippen molar-refractivity contribution in [1.29, 1.82) is 0 Å². The molecule has 1 aromatic carbocycles. The summed E-state index contributed by atoms with van der Waals surface area (Å²) in [6.07, 6.45) is 3.63. The van der Waals surface area contributed by atoms with Gasteiger partial charge in [0.2, 0.25) is 0 Å². The third kappa shape index (κ3) is 2.52. The van der Waals surface area contributed by atoms with Crippen LogP contribution >= 0.6 is 11.8 Å². The fraction of sp³-hybridized carbons (Fsp3) is 0.167. The second kappa shape index (κ2) is 4.53. The fourth-order valence-corrected chi connectivity index (χ4v) is 2.09. The first-order valence-corrected chi connectivity index (χ1v) is 5.79. The normalized spacial score (nSPS) is 10.4. The molecule has 0 saturated carbocycles. The van der Waals surface area contributed by atoms with Crippen LogP contribution in [0.15, 0.2) is 40.6 Å². The van der Waals surface area contributed by atoms with Gasteiger partial charge in [-0.15, -0.1) is 0 Å². The van der Waals surface area contributed by atoms with E-state index in [1.807, 2.05) is 37.5 Å². The van der Waals surface area contributed by atoms with Crippen LogP contribution in [-0.2, 0) is 0 Å². The van der Waals surface area contributed by atoms with Crippen molar-refractivity contribution in [2.24, 2.45) is 0 Å². The van der Waals surface area contributed by atoms with Crippen LogP contribution in [0.2, 0.25) is 0 Å². The van der Waals surface area contributed by atoms with Crippen molar-refractivity contribution in [2.75, 3.05) is 5.73 Å². The Morgan fingerprint density at radius 3 is 2.50 bits per heavy atom. The summed E-state index contributed by atoms with van der Waals surface area (Å²) in [7, 11) is 0. The summed E-state index contributed by atoms with van der Waals surface area (Å²) in [5.41, 5.74) is 8.76. The highest BCUT2D eigenvalue weighted by Crippen LogP contribution is 2.28. The lowest BCUT2D eigenvalue weighted by atomic mass is 10.2. The van der Waals surface area contributed by atoms with Gasteiger partial charge < -0.3 is 5.73 Å². The van der Waals surface area contributed by atoms with Gasteiger partial charge in [0, 0.05) is 23.0 Å². The number of aryl methyl sites for hydroxylation is 2. The topological polar surface area (TPSA) is 51.8 Å². The van der Waals surface area contributed by atoms with E-state index < -0.39 is 0 Å². The zero-order valence-corrected chi connectivity index (χ0v) is 10.1. The Kier molecular flexibility index (Phi) is 3.10. The Morgan fingerprint density at radius 1 is 1.12 bits per heavy atom. The van der Waals surface area contributed by atoms with Crippen LogP contribution in [0.25, 0.3) is 0 Å². The van der Waals surface area contributed by atoms with Gasteiger partial charge in [-0.3, -0.25) is 0 Å². The molecule has 16 heavy (non-hydrogen) atoms. The molecule has 0 bridgehead atoms. The predicted molar refractivity (Wildman–Crippen MR) is 66.5 cm³/mol. The van der Waals surface area contributed by atoms with Gasteiger partial charge in [0.1, 0.15) is 0 Å². The third-order valence-corrected chi connectivity index (χ3v) is 3.22. The van der Waals surface area contributed by atoms with E-state index in [0.29, 0.717) is 0 Å². The number of rotatable bonds is 2. The molecule has 82 valence electrons. The average Bonchev–Trinajstić information content (AvgIpc) is 2.27. The third-order valence-electron chi connectivity index (χ3n) is 2.17. The molecule has 2 rings (SSSR count). The van der Waals surface area contributed by atoms with Gasteiger partial charge in [-0.05, 0) is 48.9 Å². The Bertz CT molecular complexity index is 494. The minimum atomic E-state index is 0.749. The van der Waals surface area contributed by atoms with E-state index in [-0.39, 0.29) is 0 Å². The Balaban J connectivity index is 2.26. The summed E-state index contributed by atoms with van der Waals surface area (Å²) in [5.74, 6) is 0. The van der Waals surface area contributed by atoms with E-state index in [1.165, 1.54) is 17.3 Å². The van der Waals surface area contributed by atoms with Crippen molar-refractivity contribution in [3.8, 4) is 0 Å². The predicted octanol–water partition coefficient (Wildman–Crippen LogP) is 2.83. The van der Waals surface area contributed by atoms with Crippen LogP contribution in [0.3, 0.4) is 0 Å². The maximum Gasteiger partial charge on any atom is 0.192 e. The molecule has 4 heteroatoms. The zero-order chi connectivity index (χ0) is 11.5. The van der Waals surface area contributed by atoms with Crippen LogP contribution in [-0.4, -0.2) is 9.97 Å². The lowest BCUT2D eigenvalue weighted by Gasteiger charge is -2.05. The molecule has 1 aromatic heterocycles. The number of nitrogens with two attached hydrogens (primary N) is 1. The quantitative estimate of drug-likeness (QED) is 0.638. The largest absolute Gasteiger partial charge is 0.399 e. The fourth-order valence-electron chi connectivity index (χ4n) is 1.26. The Hall–Kier alpha value is -1.55. The molecule has 0 radical (unpaired) electrons. The van der Waals surface area contributed by atoms with Gasteiger partial charge in [0.25, 0.3) is 0 Å². The molecule has 0 aliphatic rings. The second-order valence-electron chi connectivity index (χ2n) is 3.67. The van der Waals surface area contributed by atoms with E-state index in [9.17, 15) is 0 Å². The Labute approximate surface area is 99.1 Å². The summed E-state index contributed by atoms with van der Waals surface area (Å²) in [6.45, 7) is 4.02. The minimum absolute atomic E-state index is 0.749. The lowest BCUT2D eigenvalue weighted by molar-refractivity contribution is 0.949. The Morgan fingerprint density at radius 2 is 1.81 bits per heavy atom. The van der Waals surface area contributed by atoms with Gasteiger partial charge in [-0.2, -0.15) is 0 Å². The summed E-state index contributed by atoms with van der Waals surface area (Å²) >= 11 is 1.53. The number of aromatic nitrogens is 2. The van der Waals surface area contributed by atoms with E-state index in [1.54, 1.807) is 0 Å². The molecule has 2 N–H and O–H groups in total. The van der Waals surface area contributed by atoms with E-state index in [0.717, 1.165) is 21.3 Å². The lowest BCUT2D eigenvalue weighted by Crippen LogP contribution is -1.90. The van der Waals surface area contributed by atoms with Gasteiger partial charge in [0.15, 0.2) is 5.16 Å². The maximum atomic E-state index is 5.75. The number of anilines is 1. The molecule has 0 spiro atoms. The standard InChI is InChI=1S/C12H13N3S/c1-8-6-14-12(15-7-8)16-11-5-10(13)4-3-9(11)2/h3-7H,13H2,1-2H3. The smallest absolute Gasteiger partial charge is 0.192 e. The summed E-state index contributed by atoms with van der Waals surface area (Å²) in [6, 6.07) is 5.85. The molecule has 0 aliphatic heterocycles. The average molecular weight is 231 g/mol. The van der Waals surface area contributed by atoms with Crippen LogP contribution in [0.5, 0.6) is 0 Å². The molecule has 0 aliphatic carbocycles. The number of hydrogen-bond donors (Lipinski definition) is 1. The zero-order valence-electron chi connectivity index (χ0n) is 9.27. The van der Waals surface area contributed by atoms with Crippen molar-refractivity contribution < 1.29 is 0 Å². The monoisotopic (exact) mass is 231 g/mol. The van der Waals surface area contributed by atoms with Crippen LogP contribution in [0, 0.1) is 13.8 Å². The maximum absolute atomic E-state index is 5.75. The summed E-state index contributed by atoms with van der Waals surface area (Å²) in [4.78, 5) is 9.61. The molecule has 2 aromatic rings. The number of benzene rings is 1. The van der Waals surface area contributed by atoms with Crippen molar-refractivity contribution in [3.05, 3.63) is 41.7 Å². The van der Waals surface area contributed by atoms with Gasteiger partial charge in [-0.25, -0.2) is 9.97 Å². The van der Waals surface area contributed by atoms with E-state index in [4.69, 9.17) is 5.73 Å². The first-order chi connectivity index (χ1) is 7.65. The molecule has 0 fully saturated rings. The molecule has 0 saturated heterocycles. The first-order valence-electron chi connectivity index (χ1n) is 4.98. The molecule has 0 unspecified atom stereocenters. The van der Waals surface area contributed by atoms with Gasteiger partial charge >= 0.3 is 0 Å². The summed E-state index contributed by atoms with van der Waals surface area (Å²) < 4.78 is 0. The van der Waals surface area contributed by atoms with Crippen LogP contribution in [0.4, 0.5) is 5.69 Å². The molecular formula is C12H13N3S. The van der Waals surface area contributed by atoms with Crippen molar-refractivity contribution >= 4 is 17.4 Å². The molecule has 0 amide bonds. The van der Waals surface area contributed by atoms with Crippen LogP contribution < -0.4 is 5.73 Å². The van der Waals surface area contributed by atoms with Crippen molar-refractivity contribution in [3.63, 3.8) is 0 Å². The second-order valence-corrected chi connectivity index (χ2v) is 4.68. The van der Waals surface area contributed by atoms with Crippen LogP contribution in [0.1, 0.15) is 11.1 Å². The molecular weight excluding hydrogens is 218 g/mol. The van der Waals surface area contributed by atoms with Gasteiger partial charge in [-0.1, -0.05) is 6.07 Å². The number of hydrogen-bond acceptors (Lipinski definition) is 4. The highest BCUT2D eigenvalue weighted by atomic mass is 32.2. The molecule has 0 atom stereocenters. The highest BCUT2D eigenvalue weighted by molar-refractivity contribution is 7.99. The molecule has 1 heterocycles. The summed E-state index contributed by atoms with van der Waals surface area (Å²) in [5, 5.41) is 0.749. The SMILES string of the molecule is Cc1cnc(Sc2cc(N)ccc2C)nc1. The van der Waals surface area contributed by atoms with E-state index in [2.05, 4.69) is 16.9 Å². The first kappa shape index (κ1) is 11.0. The number of nitrogens with zero attached hydrogens (tertiary/aromatic N) is 2. The van der Waals surface area contributed by atoms with Crippen molar-refractivity contribution in [2.45, 2.75) is 23.9 Å².